The number of hydrogen-bond donors (Lipinski definition) is 0. The molecule has 2 heterocycles. The number of piperidine rings is 1. The van der Waals surface area contributed by atoms with Crippen LogP contribution < -0.4 is 0 Å². The number of amides is 3. The van der Waals surface area contributed by atoms with Crippen molar-refractivity contribution in [2.24, 2.45) is 5.92 Å². The molecule has 0 bridgehead atoms. The lowest BCUT2D eigenvalue weighted by molar-refractivity contribution is -0.131. The summed E-state index contributed by atoms with van der Waals surface area (Å²) in [5.74, 6) is -0.0375. The molecule has 2 aliphatic heterocycles. The first kappa shape index (κ1) is 19.5. The van der Waals surface area contributed by atoms with Gasteiger partial charge in [0.2, 0.25) is 5.91 Å². The third-order valence-electron chi connectivity index (χ3n) is 6.51. The van der Waals surface area contributed by atoms with Crippen LogP contribution in [0.3, 0.4) is 0 Å². The summed E-state index contributed by atoms with van der Waals surface area (Å²) in [6, 6.07) is 21.2. The molecular formula is C26H24N2O3. The molecule has 0 aliphatic carbocycles. The van der Waals surface area contributed by atoms with E-state index in [9.17, 15) is 14.4 Å². The van der Waals surface area contributed by atoms with E-state index in [1.165, 1.54) is 4.90 Å². The third kappa shape index (κ3) is 3.61. The van der Waals surface area contributed by atoms with Gasteiger partial charge >= 0.3 is 0 Å². The van der Waals surface area contributed by atoms with Crippen molar-refractivity contribution >= 4 is 28.5 Å². The van der Waals surface area contributed by atoms with Crippen LogP contribution in [0.2, 0.25) is 0 Å². The van der Waals surface area contributed by atoms with Crippen molar-refractivity contribution in [3.05, 3.63) is 83.4 Å². The van der Waals surface area contributed by atoms with Crippen molar-refractivity contribution < 1.29 is 14.4 Å². The Bertz CT molecular complexity index is 1140. The highest BCUT2D eigenvalue weighted by atomic mass is 16.2. The van der Waals surface area contributed by atoms with Gasteiger partial charge in [0.05, 0.1) is 17.5 Å². The van der Waals surface area contributed by atoms with Crippen LogP contribution in [0.15, 0.2) is 66.7 Å². The Hall–Kier alpha value is -3.47. The molecule has 3 aromatic rings. The van der Waals surface area contributed by atoms with Crippen LogP contribution in [0.5, 0.6) is 0 Å². The van der Waals surface area contributed by atoms with Gasteiger partial charge in [-0.3, -0.25) is 19.3 Å². The van der Waals surface area contributed by atoms with Crippen LogP contribution >= 0.6 is 0 Å². The lowest BCUT2D eigenvalue weighted by Gasteiger charge is -2.33. The first-order valence-electron chi connectivity index (χ1n) is 10.8. The van der Waals surface area contributed by atoms with Gasteiger partial charge in [-0.15, -0.1) is 0 Å². The molecule has 0 saturated carbocycles. The molecule has 2 aliphatic rings. The molecule has 3 amide bonds. The van der Waals surface area contributed by atoms with E-state index >= 15 is 0 Å². The second-order valence-electron chi connectivity index (χ2n) is 8.41. The first-order valence-corrected chi connectivity index (χ1v) is 10.8. The highest BCUT2D eigenvalue weighted by Crippen LogP contribution is 2.27. The van der Waals surface area contributed by atoms with Crippen LogP contribution in [0.4, 0.5) is 0 Å². The number of imide groups is 1. The summed E-state index contributed by atoms with van der Waals surface area (Å²) in [4.78, 5) is 41.4. The summed E-state index contributed by atoms with van der Waals surface area (Å²) in [6.45, 7) is 1.76. The van der Waals surface area contributed by atoms with Gasteiger partial charge in [0.1, 0.15) is 0 Å². The lowest BCUT2D eigenvalue weighted by atomic mass is 9.95. The molecule has 0 spiro atoms. The average Bonchev–Trinajstić information content (AvgIpc) is 3.05. The molecule has 0 N–H and O–H groups in total. The minimum Gasteiger partial charge on any atom is -0.342 e. The molecule has 5 rings (SSSR count). The molecule has 0 radical (unpaired) electrons. The van der Waals surface area contributed by atoms with Gasteiger partial charge in [-0.25, -0.2) is 0 Å². The Morgan fingerprint density at radius 3 is 2.13 bits per heavy atom. The topological polar surface area (TPSA) is 57.7 Å². The van der Waals surface area contributed by atoms with Gasteiger partial charge in [-0.1, -0.05) is 54.6 Å². The van der Waals surface area contributed by atoms with Crippen molar-refractivity contribution in [3.8, 4) is 0 Å². The van der Waals surface area contributed by atoms with E-state index in [0.29, 0.717) is 37.2 Å². The van der Waals surface area contributed by atoms with E-state index < -0.39 is 0 Å². The smallest absolute Gasteiger partial charge is 0.261 e. The highest BCUT2D eigenvalue weighted by molar-refractivity contribution is 6.21. The fourth-order valence-corrected chi connectivity index (χ4v) is 4.75. The molecule has 1 fully saturated rings. The van der Waals surface area contributed by atoms with Gasteiger partial charge in [0, 0.05) is 19.6 Å². The van der Waals surface area contributed by atoms with Gasteiger partial charge in [0.25, 0.3) is 11.8 Å². The standard InChI is InChI=1S/C26H24N2O3/c29-24(16-20-8-5-7-19-6-1-2-9-21(19)20)27-14-12-18(13-15-27)17-28-25(30)22-10-3-4-11-23(22)26(28)31/h1-11,18H,12-17H2. The van der Waals surface area contributed by atoms with Gasteiger partial charge in [-0.05, 0) is 47.2 Å². The molecule has 3 aromatic carbocycles. The maximum atomic E-state index is 12.9. The lowest BCUT2D eigenvalue weighted by Crippen LogP contribution is -2.43. The summed E-state index contributed by atoms with van der Waals surface area (Å²) in [5, 5.41) is 2.27. The van der Waals surface area contributed by atoms with Gasteiger partial charge in [-0.2, -0.15) is 0 Å². The maximum absolute atomic E-state index is 12.9. The minimum atomic E-state index is -0.199. The average molecular weight is 412 g/mol. The van der Waals surface area contributed by atoms with Crippen LogP contribution in [0.1, 0.15) is 39.1 Å². The molecule has 1 saturated heterocycles. The summed E-state index contributed by atoms with van der Waals surface area (Å²) in [5.41, 5.74) is 2.04. The maximum Gasteiger partial charge on any atom is 0.261 e. The Labute approximate surface area is 181 Å². The normalized spacial score (nSPS) is 16.8. The van der Waals surface area contributed by atoms with Crippen LogP contribution in [-0.4, -0.2) is 47.2 Å². The Balaban J connectivity index is 1.20. The van der Waals surface area contributed by atoms with E-state index in [4.69, 9.17) is 0 Å². The zero-order valence-electron chi connectivity index (χ0n) is 17.3. The summed E-state index contributed by atoms with van der Waals surface area (Å²) >= 11 is 0. The number of carbonyl (C=O) groups is 3. The molecular weight excluding hydrogens is 388 g/mol. The van der Waals surface area contributed by atoms with Crippen molar-refractivity contribution in [1.82, 2.24) is 9.80 Å². The number of fused-ring (bicyclic) bond motifs is 2. The fourth-order valence-electron chi connectivity index (χ4n) is 4.75. The zero-order valence-corrected chi connectivity index (χ0v) is 17.3. The number of carbonyl (C=O) groups excluding carboxylic acids is 3. The van der Waals surface area contributed by atoms with E-state index in [1.54, 1.807) is 24.3 Å². The van der Waals surface area contributed by atoms with Gasteiger partial charge in [0.15, 0.2) is 0 Å². The quantitative estimate of drug-likeness (QED) is 0.611. The summed E-state index contributed by atoms with van der Waals surface area (Å²) in [6.07, 6.45) is 1.99. The van der Waals surface area contributed by atoms with E-state index in [2.05, 4.69) is 18.2 Å². The molecule has 5 heteroatoms. The summed E-state index contributed by atoms with van der Waals surface area (Å²) in [7, 11) is 0. The molecule has 156 valence electrons. The predicted molar refractivity (Wildman–Crippen MR) is 119 cm³/mol. The number of rotatable bonds is 4. The zero-order chi connectivity index (χ0) is 21.4. The van der Waals surface area contributed by atoms with Crippen molar-refractivity contribution in [2.45, 2.75) is 19.3 Å². The monoisotopic (exact) mass is 412 g/mol. The van der Waals surface area contributed by atoms with Gasteiger partial charge < -0.3 is 4.90 Å². The molecule has 0 atom stereocenters. The fraction of sp³-hybridized carbons (Fsp3) is 0.269. The highest BCUT2D eigenvalue weighted by Gasteiger charge is 2.37. The second kappa shape index (κ2) is 7.99. The second-order valence-corrected chi connectivity index (χ2v) is 8.41. The van der Waals surface area contributed by atoms with Crippen molar-refractivity contribution in [1.29, 1.82) is 0 Å². The minimum absolute atomic E-state index is 0.135. The van der Waals surface area contributed by atoms with E-state index in [1.807, 2.05) is 29.2 Å². The Morgan fingerprint density at radius 1 is 0.806 bits per heavy atom. The molecule has 0 unspecified atom stereocenters. The number of nitrogens with zero attached hydrogens (tertiary/aromatic N) is 2. The number of likely N-dealkylation sites (tertiary alicyclic amines) is 1. The summed E-state index contributed by atoms with van der Waals surface area (Å²) < 4.78 is 0. The van der Waals surface area contributed by atoms with E-state index in [0.717, 1.165) is 29.2 Å². The van der Waals surface area contributed by atoms with Crippen LogP contribution in [-0.2, 0) is 11.2 Å². The van der Waals surface area contributed by atoms with E-state index in [-0.39, 0.29) is 23.6 Å². The van der Waals surface area contributed by atoms with Crippen molar-refractivity contribution in [2.75, 3.05) is 19.6 Å². The predicted octanol–water partition coefficient (Wildman–Crippen LogP) is 3.92. The SMILES string of the molecule is O=C(Cc1cccc2ccccc12)N1CCC(CN2C(=O)c3ccccc3C2=O)CC1. The first-order chi connectivity index (χ1) is 15.1. The molecule has 31 heavy (non-hydrogen) atoms. The van der Waals surface area contributed by atoms with Crippen molar-refractivity contribution in [3.63, 3.8) is 0 Å². The Morgan fingerprint density at radius 2 is 1.42 bits per heavy atom. The third-order valence-corrected chi connectivity index (χ3v) is 6.51. The van der Waals surface area contributed by atoms with Crippen LogP contribution in [0.25, 0.3) is 10.8 Å². The molecule has 0 aromatic heterocycles. The molecule has 5 nitrogen and oxygen atoms in total. The van der Waals surface area contributed by atoms with Crippen LogP contribution in [0, 0.1) is 5.92 Å². The Kier molecular flexibility index (Phi) is 5.02. The number of benzene rings is 3. The largest absolute Gasteiger partial charge is 0.342 e. The number of hydrogen-bond acceptors (Lipinski definition) is 3.